The maximum atomic E-state index is 6.22. The largest absolute Gasteiger partial charge is 0.139 e. The first-order valence-electron chi connectivity index (χ1n) is 6.10. The molecule has 1 atom stereocenters. The van der Waals surface area contributed by atoms with Crippen molar-refractivity contribution in [2.24, 2.45) is 0 Å². The summed E-state index contributed by atoms with van der Waals surface area (Å²) in [7, 11) is 0. The molecule has 0 aliphatic carbocycles. The standard InChI is InChI=1S/C16H12BrClS/c17-13(9-11-5-1-3-7-14(11)18)16-10-12-6-2-4-8-15(12)19-16/h1-8,10,13H,9H2. The molecule has 0 bridgehead atoms. The van der Waals surface area contributed by atoms with E-state index in [1.165, 1.54) is 20.5 Å². The van der Waals surface area contributed by atoms with E-state index in [-0.39, 0.29) is 0 Å². The number of halogens is 2. The lowest BCUT2D eigenvalue weighted by Crippen LogP contribution is -1.93. The molecule has 2 aromatic carbocycles. The van der Waals surface area contributed by atoms with Gasteiger partial charge in [-0.15, -0.1) is 11.3 Å². The Morgan fingerprint density at radius 3 is 2.58 bits per heavy atom. The van der Waals surface area contributed by atoms with Crippen molar-refractivity contribution in [1.29, 1.82) is 0 Å². The molecule has 19 heavy (non-hydrogen) atoms. The highest BCUT2D eigenvalue weighted by Crippen LogP contribution is 2.36. The third-order valence-corrected chi connectivity index (χ3v) is 5.83. The predicted molar refractivity (Wildman–Crippen MR) is 88.6 cm³/mol. The van der Waals surface area contributed by atoms with Gasteiger partial charge in [-0.3, -0.25) is 0 Å². The molecule has 1 aromatic heterocycles. The highest BCUT2D eigenvalue weighted by Gasteiger charge is 2.13. The Morgan fingerprint density at radius 2 is 1.79 bits per heavy atom. The summed E-state index contributed by atoms with van der Waals surface area (Å²) in [5, 5.41) is 2.15. The molecule has 1 unspecified atom stereocenters. The quantitative estimate of drug-likeness (QED) is 0.490. The summed E-state index contributed by atoms with van der Waals surface area (Å²) in [4.78, 5) is 1.66. The van der Waals surface area contributed by atoms with E-state index in [1.807, 2.05) is 29.5 Å². The van der Waals surface area contributed by atoms with Crippen LogP contribution in [0.5, 0.6) is 0 Å². The Morgan fingerprint density at radius 1 is 1.05 bits per heavy atom. The van der Waals surface area contributed by atoms with Crippen LogP contribution < -0.4 is 0 Å². The normalized spacial score (nSPS) is 12.7. The van der Waals surface area contributed by atoms with Crippen LogP contribution in [0, 0.1) is 0 Å². The third-order valence-electron chi connectivity index (χ3n) is 3.11. The van der Waals surface area contributed by atoms with E-state index < -0.39 is 0 Å². The number of rotatable bonds is 3. The summed E-state index contributed by atoms with van der Waals surface area (Å²) in [5.74, 6) is 0. The molecule has 0 saturated carbocycles. The van der Waals surface area contributed by atoms with E-state index in [0.717, 1.165) is 11.4 Å². The van der Waals surface area contributed by atoms with Crippen molar-refractivity contribution in [3.8, 4) is 0 Å². The summed E-state index contributed by atoms with van der Waals surface area (Å²) in [6, 6.07) is 18.8. The fourth-order valence-electron chi connectivity index (χ4n) is 2.11. The van der Waals surface area contributed by atoms with Crippen molar-refractivity contribution < 1.29 is 0 Å². The summed E-state index contributed by atoms with van der Waals surface area (Å²) in [6.45, 7) is 0. The Balaban J connectivity index is 1.87. The van der Waals surface area contributed by atoms with Gasteiger partial charge < -0.3 is 0 Å². The first-order chi connectivity index (χ1) is 9.24. The lowest BCUT2D eigenvalue weighted by molar-refractivity contribution is 0.970. The summed E-state index contributed by atoms with van der Waals surface area (Å²) < 4.78 is 1.33. The minimum Gasteiger partial charge on any atom is -0.139 e. The summed E-state index contributed by atoms with van der Waals surface area (Å²) in [6.07, 6.45) is 0.909. The first-order valence-corrected chi connectivity index (χ1v) is 8.21. The average molecular weight is 352 g/mol. The topological polar surface area (TPSA) is 0 Å². The zero-order valence-corrected chi connectivity index (χ0v) is 13.3. The number of hydrogen-bond acceptors (Lipinski definition) is 1. The van der Waals surface area contributed by atoms with E-state index in [4.69, 9.17) is 11.6 Å². The average Bonchev–Trinajstić information content (AvgIpc) is 2.85. The highest BCUT2D eigenvalue weighted by atomic mass is 79.9. The molecule has 0 nitrogen and oxygen atoms in total. The molecule has 0 aliphatic rings. The van der Waals surface area contributed by atoms with Gasteiger partial charge in [-0.05, 0) is 35.6 Å². The zero-order chi connectivity index (χ0) is 13.2. The van der Waals surface area contributed by atoms with Gasteiger partial charge in [0.15, 0.2) is 0 Å². The van der Waals surface area contributed by atoms with Crippen molar-refractivity contribution in [2.75, 3.05) is 0 Å². The van der Waals surface area contributed by atoms with Gasteiger partial charge in [0.2, 0.25) is 0 Å². The second kappa shape index (κ2) is 5.66. The number of alkyl halides is 1. The van der Waals surface area contributed by atoms with Crippen LogP contribution >= 0.6 is 38.9 Å². The van der Waals surface area contributed by atoms with Crippen molar-refractivity contribution >= 4 is 49.0 Å². The van der Waals surface area contributed by atoms with Crippen LogP contribution in [-0.2, 0) is 6.42 Å². The van der Waals surface area contributed by atoms with Gasteiger partial charge in [-0.25, -0.2) is 0 Å². The number of thiophene rings is 1. The van der Waals surface area contributed by atoms with Crippen molar-refractivity contribution in [3.63, 3.8) is 0 Å². The Bertz CT molecular complexity index is 672. The molecule has 0 saturated heterocycles. The van der Waals surface area contributed by atoms with Crippen LogP contribution in [-0.4, -0.2) is 0 Å². The van der Waals surface area contributed by atoms with Crippen LogP contribution in [0.25, 0.3) is 10.1 Å². The lowest BCUT2D eigenvalue weighted by Gasteiger charge is -2.08. The van der Waals surface area contributed by atoms with Crippen molar-refractivity contribution in [1.82, 2.24) is 0 Å². The Labute approximate surface area is 130 Å². The Hall–Kier alpha value is -0.830. The first kappa shape index (κ1) is 13.2. The minimum absolute atomic E-state index is 0.310. The number of hydrogen-bond donors (Lipinski definition) is 0. The fraction of sp³-hybridized carbons (Fsp3) is 0.125. The fourth-order valence-corrected chi connectivity index (χ4v) is 4.13. The van der Waals surface area contributed by atoms with E-state index in [9.17, 15) is 0 Å². The lowest BCUT2D eigenvalue weighted by atomic mass is 10.1. The van der Waals surface area contributed by atoms with Gasteiger partial charge in [0.1, 0.15) is 0 Å². The minimum atomic E-state index is 0.310. The molecule has 0 N–H and O–H groups in total. The van der Waals surface area contributed by atoms with Gasteiger partial charge >= 0.3 is 0 Å². The van der Waals surface area contributed by atoms with Gasteiger partial charge in [0.05, 0.1) is 4.83 Å². The molecule has 3 aromatic rings. The van der Waals surface area contributed by atoms with Crippen LogP contribution in [0.4, 0.5) is 0 Å². The molecular weight excluding hydrogens is 340 g/mol. The van der Waals surface area contributed by atoms with Crippen LogP contribution in [0.15, 0.2) is 54.6 Å². The van der Waals surface area contributed by atoms with E-state index in [1.54, 1.807) is 0 Å². The van der Waals surface area contributed by atoms with E-state index >= 15 is 0 Å². The molecule has 1 heterocycles. The molecule has 3 rings (SSSR count). The van der Waals surface area contributed by atoms with Gasteiger partial charge in [-0.1, -0.05) is 63.9 Å². The molecule has 0 aliphatic heterocycles. The molecular formula is C16H12BrClS. The van der Waals surface area contributed by atoms with Crippen LogP contribution in [0.1, 0.15) is 15.3 Å². The van der Waals surface area contributed by atoms with Gasteiger partial charge in [0, 0.05) is 14.6 Å². The third kappa shape index (κ3) is 2.86. The second-order valence-electron chi connectivity index (χ2n) is 4.45. The van der Waals surface area contributed by atoms with Crippen molar-refractivity contribution in [3.05, 3.63) is 70.1 Å². The highest BCUT2D eigenvalue weighted by molar-refractivity contribution is 9.09. The van der Waals surface area contributed by atoms with Gasteiger partial charge in [0.25, 0.3) is 0 Å². The maximum absolute atomic E-state index is 6.22. The Kier molecular flexibility index (Phi) is 3.92. The van der Waals surface area contributed by atoms with Crippen LogP contribution in [0.3, 0.4) is 0 Å². The monoisotopic (exact) mass is 350 g/mol. The van der Waals surface area contributed by atoms with E-state index in [0.29, 0.717) is 4.83 Å². The molecule has 0 fully saturated rings. The zero-order valence-electron chi connectivity index (χ0n) is 10.1. The SMILES string of the molecule is Clc1ccccc1CC(Br)c1cc2ccccc2s1. The summed E-state index contributed by atoms with van der Waals surface area (Å²) >= 11 is 11.8. The van der Waals surface area contributed by atoms with Crippen molar-refractivity contribution in [2.45, 2.75) is 11.2 Å². The molecule has 96 valence electrons. The smallest absolute Gasteiger partial charge is 0.0530 e. The maximum Gasteiger partial charge on any atom is 0.0530 e. The number of benzene rings is 2. The molecule has 0 radical (unpaired) electrons. The van der Waals surface area contributed by atoms with Gasteiger partial charge in [-0.2, -0.15) is 0 Å². The molecule has 3 heteroatoms. The number of fused-ring (bicyclic) bond motifs is 1. The van der Waals surface area contributed by atoms with Crippen LogP contribution in [0.2, 0.25) is 5.02 Å². The molecule has 0 amide bonds. The summed E-state index contributed by atoms with van der Waals surface area (Å²) in [5.41, 5.74) is 1.18. The second-order valence-corrected chi connectivity index (χ2v) is 7.08. The molecule has 0 spiro atoms. The van der Waals surface area contributed by atoms with E-state index in [2.05, 4.69) is 52.3 Å². The predicted octanol–water partition coefficient (Wildman–Crippen LogP) is 6.23.